The number of rotatable bonds is 15. The van der Waals surface area contributed by atoms with Crippen molar-refractivity contribution < 1.29 is 29.2 Å². The highest BCUT2D eigenvalue weighted by Gasteiger charge is 2.25. The molecule has 0 aliphatic heterocycles. The Bertz CT molecular complexity index is 1760. The van der Waals surface area contributed by atoms with Crippen LogP contribution in [-0.2, 0) is 26.2 Å². The molecule has 2 aliphatic carbocycles. The molecule has 2 aromatic heterocycles. The molecule has 290 valence electrons. The lowest BCUT2D eigenvalue weighted by Crippen LogP contribution is -2.41. The number of aliphatic hydroxyl groups is 2. The molecule has 3 N–H and O–H groups in total. The van der Waals surface area contributed by atoms with Crippen molar-refractivity contribution in [1.29, 1.82) is 0 Å². The fraction of sp³-hybridized carbons (Fsp3) is 0.488. The van der Waals surface area contributed by atoms with E-state index >= 15 is 0 Å². The molecular formula is C43H53Cl2N3O6. The van der Waals surface area contributed by atoms with E-state index < -0.39 is 0 Å². The molecule has 0 spiro atoms. The summed E-state index contributed by atoms with van der Waals surface area (Å²) in [6.07, 6.45) is 9.09. The van der Waals surface area contributed by atoms with Crippen LogP contribution in [0, 0.1) is 19.8 Å². The van der Waals surface area contributed by atoms with Crippen molar-refractivity contribution in [2.24, 2.45) is 5.92 Å². The lowest BCUT2D eigenvalue weighted by Gasteiger charge is -2.28. The standard InChI is InChI=1S/C43H53Cl2N3O6/c1-26-30(24-53-42-35(44)21-29(40(47-42)51-3)20-19-28-11-5-7-17-38(28)49)12-9-14-33(26)34-15-10-13-31(27(34)2)25-54-43-36(45)22-32(41(48-43)52-4)23-46-37-16-6-8-18-39(37)50/h9-10,12-15,21-22,28,37-39,46,49-50H,5-8,11,16-20,23-25H2,1-4H3/t28-,37+,38+,39+/m1/s1. The van der Waals surface area contributed by atoms with Gasteiger partial charge in [-0.2, -0.15) is 9.97 Å². The van der Waals surface area contributed by atoms with Crippen molar-refractivity contribution in [1.82, 2.24) is 15.3 Å². The first-order valence-corrected chi connectivity index (χ1v) is 19.9. The van der Waals surface area contributed by atoms with Gasteiger partial charge >= 0.3 is 0 Å². The second-order valence-electron chi connectivity index (χ2n) is 14.6. The molecule has 0 radical (unpaired) electrons. The van der Waals surface area contributed by atoms with Crippen LogP contribution in [-0.4, -0.2) is 52.7 Å². The number of halogens is 2. The van der Waals surface area contributed by atoms with Crippen molar-refractivity contribution in [3.05, 3.63) is 92.0 Å². The number of hydrogen-bond acceptors (Lipinski definition) is 9. The van der Waals surface area contributed by atoms with E-state index in [1.165, 1.54) is 0 Å². The Kier molecular flexibility index (Phi) is 14.0. The van der Waals surface area contributed by atoms with Crippen LogP contribution in [0.2, 0.25) is 10.0 Å². The van der Waals surface area contributed by atoms with Gasteiger partial charge in [0.2, 0.25) is 23.5 Å². The zero-order chi connectivity index (χ0) is 38.2. The Labute approximate surface area is 329 Å². The predicted octanol–water partition coefficient (Wildman–Crippen LogP) is 9.12. The van der Waals surface area contributed by atoms with Gasteiger partial charge in [0.15, 0.2) is 0 Å². The summed E-state index contributed by atoms with van der Waals surface area (Å²) < 4.78 is 23.6. The predicted molar refractivity (Wildman–Crippen MR) is 213 cm³/mol. The lowest BCUT2D eigenvalue weighted by atomic mass is 9.83. The van der Waals surface area contributed by atoms with E-state index in [9.17, 15) is 10.2 Å². The molecule has 4 atom stereocenters. The monoisotopic (exact) mass is 777 g/mol. The molecule has 0 bridgehead atoms. The van der Waals surface area contributed by atoms with Crippen LogP contribution in [0.25, 0.3) is 11.1 Å². The number of methoxy groups -OCH3 is 2. The fourth-order valence-electron chi connectivity index (χ4n) is 7.86. The number of ether oxygens (including phenoxy) is 4. The van der Waals surface area contributed by atoms with Gasteiger partial charge in [0.1, 0.15) is 23.3 Å². The highest BCUT2D eigenvalue weighted by molar-refractivity contribution is 6.32. The minimum absolute atomic E-state index is 0.0420. The van der Waals surface area contributed by atoms with Gasteiger partial charge in [-0.25, -0.2) is 0 Å². The second-order valence-corrected chi connectivity index (χ2v) is 15.4. The van der Waals surface area contributed by atoms with Crippen molar-refractivity contribution in [3.8, 4) is 34.6 Å². The molecule has 2 aromatic carbocycles. The normalized spacial score (nSPS) is 20.1. The quantitative estimate of drug-likeness (QED) is 0.109. The van der Waals surface area contributed by atoms with Crippen LogP contribution < -0.4 is 24.3 Å². The van der Waals surface area contributed by atoms with Gasteiger partial charge in [0.25, 0.3) is 0 Å². The maximum Gasteiger partial charge on any atom is 0.236 e. The van der Waals surface area contributed by atoms with Gasteiger partial charge in [0.05, 0.1) is 26.4 Å². The average Bonchev–Trinajstić information content (AvgIpc) is 3.17. The minimum Gasteiger partial charge on any atom is -0.481 e. The zero-order valence-electron chi connectivity index (χ0n) is 31.8. The van der Waals surface area contributed by atoms with E-state index in [1.54, 1.807) is 14.2 Å². The Morgan fingerprint density at radius 3 is 1.74 bits per heavy atom. The minimum atomic E-state index is -0.350. The molecular weight excluding hydrogens is 725 g/mol. The lowest BCUT2D eigenvalue weighted by molar-refractivity contribution is 0.0654. The van der Waals surface area contributed by atoms with Crippen molar-refractivity contribution >= 4 is 23.2 Å². The first kappa shape index (κ1) is 40.1. The van der Waals surface area contributed by atoms with Gasteiger partial charge in [-0.05, 0) is 104 Å². The van der Waals surface area contributed by atoms with E-state index in [0.29, 0.717) is 46.0 Å². The van der Waals surface area contributed by atoms with Gasteiger partial charge in [0, 0.05) is 23.7 Å². The van der Waals surface area contributed by atoms with E-state index in [-0.39, 0.29) is 31.5 Å². The average molecular weight is 779 g/mol. The van der Waals surface area contributed by atoms with Crippen LogP contribution in [0.1, 0.15) is 91.2 Å². The molecule has 6 rings (SSSR count). The number of aliphatic hydroxyl groups excluding tert-OH is 2. The van der Waals surface area contributed by atoms with Gasteiger partial charge in [-0.15, -0.1) is 0 Å². The van der Waals surface area contributed by atoms with Crippen molar-refractivity contribution in [2.75, 3.05) is 14.2 Å². The summed E-state index contributed by atoms with van der Waals surface area (Å²) in [5.74, 6) is 1.85. The highest BCUT2D eigenvalue weighted by Crippen LogP contribution is 2.36. The fourth-order valence-corrected chi connectivity index (χ4v) is 8.32. The Morgan fingerprint density at radius 1 is 0.667 bits per heavy atom. The van der Waals surface area contributed by atoms with Crippen LogP contribution in [0.3, 0.4) is 0 Å². The van der Waals surface area contributed by atoms with E-state index in [0.717, 1.165) is 109 Å². The van der Waals surface area contributed by atoms with E-state index in [2.05, 4.69) is 41.3 Å². The van der Waals surface area contributed by atoms with Gasteiger partial charge in [-0.1, -0.05) is 85.3 Å². The molecule has 2 aliphatic rings. The first-order valence-electron chi connectivity index (χ1n) is 19.2. The molecule has 4 aromatic rings. The van der Waals surface area contributed by atoms with Crippen molar-refractivity contribution in [2.45, 2.75) is 116 Å². The summed E-state index contributed by atoms with van der Waals surface area (Å²) in [4.78, 5) is 9.23. The molecule has 2 saturated carbocycles. The summed E-state index contributed by atoms with van der Waals surface area (Å²) in [6.45, 7) is 5.22. The largest absolute Gasteiger partial charge is 0.481 e. The molecule has 2 fully saturated rings. The SMILES string of the molecule is COc1nc(OCc2cccc(-c3cccc(COc4nc(OC)c(CN[C@H]5CCCC[C@@H]5O)cc4Cl)c3C)c2C)c(Cl)cc1CC[C@H]1CCCC[C@@H]1O. The maximum absolute atomic E-state index is 10.4. The van der Waals surface area contributed by atoms with Crippen LogP contribution in [0.15, 0.2) is 48.5 Å². The van der Waals surface area contributed by atoms with Crippen LogP contribution in [0.5, 0.6) is 23.5 Å². The molecule has 0 saturated heterocycles. The summed E-state index contributed by atoms with van der Waals surface area (Å²) in [5.41, 5.74) is 8.09. The number of nitrogens with zero attached hydrogens (tertiary/aromatic N) is 2. The Balaban J connectivity index is 1.12. The Morgan fingerprint density at radius 2 is 1.19 bits per heavy atom. The third-order valence-corrected chi connectivity index (χ3v) is 11.7. The van der Waals surface area contributed by atoms with Crippen LogP contribution in [0.4, 0.5) is 0 Å². The number of hydrogen-bond donors (Lipinski definition) is 3. The van der Waals surface area contributed by atoms with E-state index in [4.69, 9.17) is 42.1 Å². The zero-order valence-corrected chi connectivity index (χ0v) is 33.3. The molecule has 0 amide bonds. The third-order valence-electron chi connectivity index (χ3n) is 11.2. The molecule has 54 heavy (non-hydrogen) atoms. The number of nitrogens with one attached hydrogen (secondary N) is 1. The van der Waals surface area contributed by atoms with Crippen LogP contribution >= 0.6 is 23.2 Å². The van der Waals surface area contributed by atoms with Crippen molar-refractivity contribution in [3.63, 3.8) is 0 Å². The summed E-state index contributed by atoms with van der Waals surface area (Å²) in [7, 11) is 3.19. The number of aromatic nitrogens is 2. The number of aryl methyl sites for hydroxylation is 1. The number of pyridine rings is 2. The summed E-state index contributed by atoms with van der Waals surface area (Å²) >= 11 is 13.4. The maximum atomic E-state index is 10.4. The van der Waals surface area contributed by atoms with E-state index in [1.807, 2.05) is 36.4 Å². The molecule has 2 heterocycles. The molecule has 9 nitrogen and oxygen atoms in total. The summed E-state index contributed by atoms with van der Waals surface area (Å²) in [5, 5.41) is 25.1. The van der Waals surface area contributed by atoms with Gasteiger partial charge in [-0.3, -0.25) is 0 Å². The third kappa shape index (κ3) is 9.61. The highest BCUT2D eigenvalue weighted by atomic mass is 35.5. The topological polar surface area (TPSA) is 115 Å². The summed E-state index contributed by atoms with van der Waals surface area (Å²) in [6, 6.07) is 16.1. The smallest absolute Gasteiger partial charge is 0.236 e. The Hall–Kier alpha value is -3.60. The molecule has 0 unspecified atom stereocenters. The van der Waals surface area contributed by atoms with Gasteiger partial charge < -0.3 is 34.5 Å². The second kappa shape index (κ2) is 18.8. The number of benzene rings is 2. The first-order chi connectivity index (χ1) is 26.2. The molecule has 11 heteroatoms.